The maximum atomic E-state index is 13.0. The van der Waals surface area contributed by atoms with Crippen molar-refractivity contribution in [3.63, 3.8) is 0 Å². The molecular weight excluding hydrogens is 434 g/mol. The largest absolute Gasteiger partial charge is 0.397 e. The van der Waals surface area contributed by atoms with Gasteiger partial charge < -0.3 is 5.73 Å². The number of aromatic nitrogens is 3. The van der Waals surface area contributed by atoms with Crippen molar-refractivity contribution in [2.45, 2.75) is 40.7 Å². The number of fused-ring (bicyclic) bond motifs is 1. The molecule has 8 nitrogen and oxygen atoms in total. The van der Waals surface area contributed by atoms with Crippen molar-refractivity contribution in [2.24, 2.45) is 0 Å². The molecule has 0 saturated heterocycles. The molecule has 0 aliphatic heterocycles. The highest BCUT2D eigenvalue weighted by Crippen LogP contribution is 2.44. The average Bonchev–Trinajstić information content (AvgIpc) is 3.40. The van der Waals surface area contributed by atoms with Crippen molar-refractivity contribution in [3.8, 4) is 10.4 Å². The van der Waals surface area contributed by atoms with Gasteiger partial charge in [0.05, 0.1) is 11.4 Å². The van der Waals surface area contributed by atoms with Crippen LogP contribution in [0, 0.1) is 13.8 Å². The zero-order chi connectivity index (χ0) is 22.4. The average molecular weight is 457 g/mol. The van der Waals surface area contributed by atoms with Crippen LogP contribution in [0.3, 0.4) is 0 Å². The lowest BCUT2D eigenvalue weighted by molar-refractivity contribution is -0.779. The fraction of sp³-hybridized carbons (Fsp3) is 0.286. The predicted molar refractivity (Wildman–Crippen MR) is 122 cm³/mol. The number of carbonyl (C=O) groups excluding carboxylic acids is 2. The molecular formula is C21H22N5O3S2+. The normalized spacial score (nSPS) is 11.4. The molecule has 0 radical (unpaired) electrons. The number of nitrogen functional groups attached to an aromatic ring is 1. The number of anilines is 2. The Kier molecular flexibility index (Phi) is 5.36. The van der Waals surface area contributed by atoms with Crippen LogP contribution in [0.4, 0.5) is 11.6 Å². The smallest absolute Gasteiger partial charge is 0.302 e. The number of amides is 1. The molecule has 4 aromatic heterocycles. The van der Waals surface area contributed by atoms with E-state index in [0.717, 1.165) is 15.3 Å². The van der Waals surface area contributed by atoms with Crippen LogP contribution in [0.2, 0.25) is 0 Å². The van der Waals surface area contributed by atoms with Crippen molar-refractivity contribution in [1.29, 1.82) is 0 Å². The third-order valence-corrected chi connectivity index (χ3v) is 6.97. The molecule has 31 heavy (non-hydrogen) atoms. The number of hydrogen-bond acceptors (Lipinski definition) is 8. The van der Waals surface area contributed by atoms with Gasteiger partial charge in [-0.05, 0) is 51.4 Å². The van der Waals surface area contributed by atoms with Gasteiger partial charge >= 0.3 is 5.88 Å². The number of pyridine rings is 1. The van der Waals surface area contributed by atoms with Gasteiger partial charge in [-0.2, -0.15) is 0 Å². The van der Waals surface area contributed by atoms with Gasteiger partial charge in [0.1, 0.15) is 9.71 Å². The SMILES string of the molecule is CC(=O)c1c(C)nc2sc(C(=O)Nc3c[n+](C(C)C)no3)c(N)c2c1-c1ccc(C)s1. The molecule has 0 fully saturated rings. The lowest BCUT2D eigenvalue weighted by Crippen LogP contribution is -2.36. The Bertz CT molecular complexity index is 1330. The van der Waals surface area contributed by atoms with Crippen LogP contribution in [0.25, 0.3) is 20.7 Å². The summed E-state index contributed by atoms with van der Waals surface area (Å²) in [5.74, 6) is -0.287. The molecule has 160 valence electrons. The minimum absolute atomic E-state index is 0.0931. The molecule has 0 aliphatic rings. The van der Waals surface area contributed by atoms with E-state index in [1.54, 1.807) is 29.1 Å². The van der Waals surface area contributed by atoms with Gasteiger partial charge in [-0.15, -0.1) is 22.7 Å². The number of nitrogens with two attached hydrogens (primary N) is 1. The number of Topliss-reactive ketones (excluding diaryl/α,β-unsaturated/α-hetero) is 1. The summed E-state index contributed by atoms with van der Waals surface area (Å²) in [6.45, 7) is 9.22. The number of nitrogens with zero attached hydrogens (tertiary/aromatic N) is 3. The van der Waals surface area contributed by atoms with Crippen LogP contribution >= 0.6 is 22.7 Å². The van der Waals surface area contributed by atoms with Crippen molar-refractivity contribution < 1.29 is 18.8 Å². The number of thiophene rings is 2. The number of aryl methyl sites for hydroxylation is 2. The van der Waals surface area contributed by atoms with Crippen LogP contribution in [0.1, 0.15) is 57.4 Å². The van der Waals surface area contributed by atoms with E-state index in [4.69, 9.17) is 10.3 Å². The number of carbonyl (C=O) groups is 2. The summed E-state index contributed by atoms with van der Waals surface area (Å²) in [7, 11) is 0. The highest BCUT2D eigenvalue weighted by atomic mass is 32.1. The highest BCUT2D eigenvalue weighted by molar-refractivity contribution is 7.21. The van der Waals surface area contributed by atoms with E-state index in [1.807, 2.05) is 32.9 Å². The van der Waals surface area contributed by atoms with Gasteiger partial charge in [0.15, 0.2) is 11.8 Å². The van der Waals surface area contributed by atoms with Crippen LogP contribution in [-0.4, -0.2) is 21.9 Å². The summed E-state index contributed by atoms with van der Waals surface area (Å²) in [5, 5.41) is 7.20. The van der Waals surface area contributed by atoms with Crippen LogP contribution in [-0.2, 0) is 0 Å². The minimum Gasteiger partial charge on any atom is -0.397 e. The fourth-order valence-corrected chi connectivity index (χ4v) is 5.38. The van der Waals surface area contributed by atoms with E-state index in [2.05, 4.69) is 15.6 Å². The van der Waals surface area contributed by atoms with Crippen molar-refractivity contribution in [2.75, 3.05) is 11.1 Å². The Hall–Kier alpha value is -3.11. The van der Waals surface area contributed by atoms with Gasteiger partial charge in [-0.1, -0.05) is 0 Å². The second-order valence-corrected chi connectivity index (χ2v) is 9.82. The molecule has 0 atom stereocenters. The van der Waals surface area contributed by atoms with Crippen molar-refractivity contribution in [1.82, 2.24) is 10.3 Å². The molecule has 4 aromatic rings. The molecule has 0 aromatic carbocycles. The first kappa shape index (κ1) is 21.1. The Morgan fingerprint density at radius 2 is 1.97 bits per heavy atom. The molecule has 0 unspecified atom stereocenters. The number of nitrogens with one attached hydrogen (secondary N) is 1. The molecule has 10 heteroatoms. The first-order valence-corrected chi connectivity index (χ1v) is 11.3. The second kappa shape index (κ2) is 7.86. The molecule has 0 aliphatic carbocycles. The molecule has 4 rings (SSSR count). The first-order valence-electron chi connectivity index (χ1n) is 9.67. The Labute approximate surface area is 186 Å². The zero-order valence-corrected chi connectivity index (χ0v) is 19.4. The highest BCUT2D eigenvalue weighted by Gasteiger charge is 2.27. The summed E-state index contributed by atoms with van der Waals surface area (Å²) >= 11 is 2.76. The quantitative estimate of drug-likeness (QED) is 0.337. The second-order valence-electron chi connectivity index (χ2n) is 7.53. The summed E-state index contributed by atoms with van der Waals surface area (Å²) < 4.78 is 6.79. The lowest BCUT2D eigenvalue weighted by atomic mass is 9.98. The summed E-state index contributed by atoms with van der Waals surface area (Å²) in [6.07, 6.45) is 1.61. The monoisotopic (exact) mass is 456 g/mol. The number of ketones is 1. The van der Waals surface area contributed by atoms with E-state index in [-0.39, 0.29) is 17.7 Å². The van der Waals surface area contributed by atoms with Gasteiger partial charge in [0.2, 0.25) is 5.27 Å². The van der Waals surface area contributed by atoms with E-state index in [9.17, 15) is 9.59 Å². The van der Waals surface area contributed by atoms with Gasteiger partial charge in [0, 0.05) is 26.3 Å². The Morgan fingerprint density at radius 3 is 2.55 bits per heavy atom. The number of hydrogen-bond donors (Lipinski definition) is 2. The van der Waals surface area contributed by atoms with Crippen molar-refractivity contribution >= 4 is 56.2 Å². The predicted octanol–water partition coefficient (Wildman–Crippen LogP) is 4.54. The maximum Gasteiger partial charge on any atom is 0.302 e. The van der Waals surface area contributed by atoms with E-state index >= 15 is 0 Å². The summed E-state index contributed by atoms with van der Waals surface area (Å²) in [4.78, 5) is 33.0. The van der Waals surface area contributed by atoms with E-state index in [1.165, 1.54) is 18.3 Å². The first-order chi connectivity index (χ1) is 14.7. The zero-order valence-electron chi connectivity index (χ0n) is 17.8. The molecule has 0 saturated carbocycles. The van der Waals surface area contributed by atoms with Gasteiger partial charge in [-0.25, -0.2) is 4.98 Å². The van der Waals surface area contributed by atoms with Gasteiger partial charge in [0.25, 0.3) is 12.1 Å². The standard InChI is InChI=1S/C21H21N5O3S2/c1-9(2)26-8-14(29-25-26)24-20(28)19-18(22)17-16(13-7-6-10(3)30-13)15(12(5)27)11(4)23-21(17)31-19/h6-9H,1-5H3,(H2-,22,24,25,28)/p+1. The molecule has 4 heterocycles. The molecule has 0 bridgehead atoms. The molecule has 3 N–H and O–H groups in total. The maximum absolute atomic E-state index is 13.0. The van der Waals surface area contributed by atoms with E-state index < -0.39 is 5.91 Å². The molecule has 0 spiro atoms. The topological polar surface area (TPSA) is 115 Å². The van der Waals surface area contributed by atoms with E-state index in [0.29, 0.717) is 32.0 Å². The number of rotatable bonds is 5. The lowest BCUT2D eigenvalue weighted by Gasteiger charge is -2.11. The Morgan fingerprint density at radius 1 is 1.23 bits per heavy atom. The summed E-state index contributed by atoms with van der Waals surface area (Å²) in [6, 6.07) is 4.06. The van der Waals surface area contributed by atoms with Crippen LogP contribution < -0.4 is 15.7 Å². The third-order valence-electron chi connectivity index (χ3n) is 4.85. The minimum atomic E-state index is -0.414. The van der Waals surface area contributed by atoms with Gasteiger partial charge in [-0.3, -0.25) is 19.4 Å². The fourth-order valence-electron chi connectivity index (χ4n) is 3.41. The van der Waals surface area contributed by atoms with Crippen molar-refractivity contribution in [3.05, 3.63) is 39.3 Å². The summed E-state index contributed by atoms with van der Waals surface area (Å²) in [5.41, 5.74) is 8.63. The van der Waals surface area contributed by atoms with Crippen LogP contribution in [0.15, 0.2) is 22.9 Å². The molecule has 1 amide bonds. The van der Waals surface area contributed by atoms with Crippen LogP contribution in [0.5, 0.6) is 0 Å². The Balaban J connectivity index is 1.86. The third kappa shape index (κ3) is 3.72.